The van der Waals surface area contributed by atoms with Crippen LogP contribution in [0, 0.1) is 0 Å². The lowest BCUT2D eigenvalue weighted by atomic mass is 9.87. The van der Waals surface area contributed by atoms with Crippen LogP contribution in [0.25, 0.3) is 0 Å². The molecule has 26 heavy (non-hydrogen) atoms. The number of hydrogen-bond donors (Lipinski definition) is 1. The molecule has 1 aliphatic rings. The zero-order valence-electron chi connectivity index (χ0n) is 16.0. The van der Waals surface area contributed by atoms with Gasteiger partial charge in [-0.2, -0.15) is 0 Å². The van der Waals surface area contributed by atoms with Crippen molar-refractivity contribution in [3.05, 3.63) is 35.8 Å². The Hall–Kier alpha value is -2.57. The minimum absolute atomic E-state index is 0.0295. The lowest BCUT2D eigenvalue weighted by Crippen LogP contribution is -2.46. The van der Waals surface area contributed by atoms with Gasteiger partial charge in [-0.1, -0.05) is 25.9 Å². The number of amides is 1. The smallest absolute Gasteiger partial charge is 0.269 e. The number of anilines is 2. The van der Waals surface area contributed by atoms with Crippen LogP contribution in [0.2, 0.25) is 0 Å². The average molecular weight is 357 g/mol. The van der Waals surface area contributed by atoms with Crippen LogP contribution in [0.15, 0.2) is 28.9 Å². The summed E-state index contributed by atoms with van der Waals surface area (Å²) in [5.41, 5.74) is 2.50. The first-order chi connectivity index (χ1) is 12.4. The van der Waals surface area contributed by atoms with Crippen LogP contribution >= 0.6 is 0 Å². The summed E-state index contributed by atoms with van der Waals surface area (Å²) in [6.07, 6.45) is 2.78. The number of aromatic nitrogens is 2. The molecule has 0 saturated carbocycles. The molecule has 1 fully saturated rings. The van der Waals surface area contributed by atoms with Crippen LogP contribution in [0.4, 0.5) is 11.6 Å². The van der Waals surface area contributed by atoms with E-state index in [2.05, 4.69) is 52.1 Å². The second kappa shape index (κ2) is 7.35. The second-order valence-corrected chi connectivity index (χ2v) is 7.24. The molecule has 0 bridgehead atoms. The monoisotopic (exact) mass is 357 g/mol. The van der Waals surface area contributed by atoms with Gasteiger partial charge in [0.25, 0.3) is 5.91 Å². The van der Waals surface area contributed by atoms with E-state index in [1.165, 1.54) is 0 Å². The van der Waals surface area contributed by atoms with Crippen LogP contribution in [-0.4, -0.2) is 49.3 Å². The predicted molar refractivity (Wildman–Crippen MR) is 102 cm³/mol. The predicted octanol–water partition coefficient (Wildman–Crippen LogP) is 2.44. The molecular weight excluding hydrogens is 330 g/mol. The molecular formula is C19H27N5O2. The Morgan fingerprint density at radius 3 is 2.50 bits per heavy atom. The van der Waals surface area contributed by atoms with Crippen LogP contribution in [0.3, 0.4) is 0 Å². The maximum absolute atomic E-state index is 11.6. The van der Waals surface area contributed by atoms with Crippen molar-refractivity contribution >= 4 is 17.5 Å². The van der Waals surface area contributed by atoms with Gasteiger partial charge in [-0.3, -0.25) is 4.79 Å². The lowest BCUT2D eigenvalue weighted by Gasteiger charge is -2.35. The third-order valence-electron chi connectivity index (χ3n) is 5.24. The summed E-state index contributed by atoms with van der Waals surface area (Å²) >= 11 is 0. The summed E-state index contributed by atoms with van der Waals surface area (Å²) in [6.45, 7) is 9.99. The molecule has 0 aliphatic carbocycles. The number of carbonyl (C=O) groups excluding carboxylic acids is 1. The zero-order chi connectivity index (χ0) is 18.7. The molecule has 1 saturated heterocycles. The summed E-state index contributed by atoms with van der Waals surface area (Å²) in [5, 5.41) is 6.85. The third-order valence-corrected chi connectivity index (χ3v) is 5.24. The summed E-state index contributed by atoms with van der Waals surface area (Å²) in [6, 6.07) is 5.78. The highest BCUT2D eigenvalue weighted by molar-refractivity contribution is 5.92. The molecule has 1 N–H and O–H groups in total. The zero-order valence-corrected chi connectivity index (χ0v) is 16.0. The van der Waals surface area contributed by atoms with Gasteiger partial charge in [0.05, 0.1) is 17.6 Å². The number of nitrogens with zero attached hydrogens (tertiary/aromatic N) is 4. The Balaban J connectivity index is 1.62. The van der Waals surface area contributed by atoms with Crippen molar-refractivity contribution in [2.24, 2.45) is 0 Å². The van der Waals surface area contributed by atoms with Crippen molar-refractivity contribution in [3.63, 3.8) is 0 Å². The molecule has 7 nitrogen and oxygen atoms in total. The molecule has 0 unspecified atom stereocenters. The van der Waals surface area contributed by atoms with Gasteiger partial charge < -0.3 is 19.6 Å². The van der Waals surface area contributed by atoms with Crippen molar-refractivity contribution in [1.82, 2.24) is 15.5 Å². The molecule has 0 radical (unpaired) electrons. The third kappa shape index (κ3) is 3.66. The van der Waals surface area contributed by atoms with Gasteiger partial charge in [0.1, 0.15) is 5.69 Å². The molecule has 0 aromatic carbocycles. The van der Waals surface area contributed by atoms with Crippen molar-refractivity contribution in [3.8, 4) is 0 Å². The van der Waals surface area contributed by atoms with E-state index in [-0.39, 0.29) is 11.3 Å². The van der Waals surface area contributed by atoms with Crippen LogP contribution in [-0.2, 0) is 5.41 Å². The summed E-state index contributed by atoms with van der Waals surface area (Å²) in [5.74, 6) is 0.673. The van der Waals surface area contributed by atoms with Crippen molar-refractivity contribution < 1.29 is 9.32 Å². The van der Waals surface area contributed by atoms with Crippen LogP contribution in [0.1, 0.15) is 43.4 Å². The Morgan fingerprint density at radius 2 is 1.92 bits per heavy atom. The second-order valence-electron chi connectivity index (χ2n) is 7.24. The molecule has 2 aromatic heterocycles. The fourth-order valence-electron chi connectivity index (χ4n) is 2.94. The molecule has 7 heteroatoms. The Labute approximate surface area is 154 Å². The van der Waals surface area contributed by atoms with Gasteiger partial charge in [-0.15, -0.1) is 0 Å². The standard InChI is InChI=1S/C19H27N5O2/c1-5-19(2,3)16-12-17(26-22-16)24-10-8-23(9-11-24)14-6-7-15(21-13-14)18(25)20-4/h6-7,12-13H,5,8-11H2,1-4H3,(H,20,25). The minimum atomic E-state index is -0.169. The van der Waals surface area contributed by atoms with Gasteiger partial charge in [0.2, 0.25) is 5.88 Å². The molecule has 1 amide bonds. The number of pyridine rings is 1. The average Bonchev–Trinajstić information content (AvgIpc) is 3.19. The van der Waals surface area contributed by atoms with E-state index in [0.717, 1.165) is 49.9 Å². The quantitative estimate of drug-likeness (QED) is 0.886. The normalized spacial score (nSPS) is 15.2. The van der Waals surface area contributed by atoms with Crippen LogP contribution < -0.4 is 15.1 Å². The van der Waals surface area contributed by atoms with Crippen LogP contribution in [0.5, 0.6) is 0 Å². The SMILES string of the molecule is CCC(C)(C)c1cc(N2CCN(c3ccc(C(=O)NC)nc3)CC2)on1. The van der Waals surface area contributed by atoms with E-state index in [0.29, 0.717) is 5.69 Å². The first-order valence-electron chi connectivity index (χ1n) is 9.10. The number of piperazine rings is 1. The largest absolute Gasteiger partial charge is 0.367 e. The number of carbonyl (C=O) groups is 1. The maximum Gasteiger partial charge on any atom is 0.269 e. The highest BCUT2D eigenvalue weighted by Gasteiger charge is 2.26. The van der Waals surface area contributed by atoms with Gasteiger partial charge in [-0.05, 0) is 18.6 Å². The van der Waals surface area contributed by atoms with E-state index in [1.54, 1.807) is 19.3 Å². The van der Waals surface area contributed by atoms with Gasteiger partial charge in [0.15, 0.2) is 0 Å². The fraction of sp³-hybridized carbons (Fsp3) is 0.526. The van der Waals surface area contributed by atoms with Gasteiger partial charge in [-0.25, -0.2) is 4.98 Å². The Kier molecular flexibility index (Phi) is 5.15. The van der Waals surface area contributed by atoms with Crippen molar-refractivity contribution in [2.75, 3.05) is 43.0 Å². The number of rotatable bonds is 5. The number of nitrogens with one attached hydrogen (secondary N) is 1. The highest BCUT2D eigenvalue weighted by atomic mass is 16.5. The molecule has 0 spiro atoms. The summed E-state index contributed by atoms with van der Waals surface area (Å²) < 4.78 is 5.59. The molecule has 1 aliphatic heterocycles. The molecule has 3 heterocycles. The first-order valence-corrected chi connectivity index (χ1v) is 9.10. The molecule has 2 aromatic rings. The minimum Gasteiger partial charge on any atom is -0.367 e. The Bertz CT molecular complexity index is 746. The Morgan fingerprint density at radius 1 is 1.23 bits per heavy atom. The van der Waals surface area contributed by atoms with E-state index in [1.807, 2.05) is 6.07 Å². The lowest BCUT2D eigenvalue weighted by molar-refractivity contribution is 0.0958. The van der Waals surface area contributed by atoms with E-state index in [4.69, 9.17) is 4.52 Å². The number of hydrogen-bond acceptors (Lipinski definition) is 6. The van der Waals surface area contributed by atoms with E-state index in [9.17, 15) is 4.79 Å². The topological polar surface area (TPSA) is 74.5 Å². The van der Waals surface area contributed by atoms with Gasteiger partial charge >= 0.3 is 0 Å². The van der Waals surface area contributed by atoms with E-state index >= 15 is 0 Å². The summed E-state index contributed by atoms with van der Waals surface area (Å²) in [7, 11) is 1.60. The molecule has 0 atom stereocenters. The van der Waals surface area contributed by atoms with Gasteiger partial charge in [0, 0.05) is 44.7 Å². The first kappa shape index (κ1) is 18.2. The van der Waals surface area contributed by atoms with E-state index < -0.39 is 0 Å². The molecule has 3 rings (SSSR count). The fourth-order valence-corrected chi connectivity index (χ4v) is 2.94. The van der Waals surface area contributed by atoms with Crippen molar-refractivity contribution in [2.45, 2.75) is 32.6 Å². The maximum atomic E-state index is 11.6. The summed E-state index contributed by atoms with van der Waals surface area (Å²) in [4.78, 5) is 20.3. The molecule has 140 valence electrons. The van der Waals surface area contributed by atoms with Crippen molar-refractivity contribution in [1.29, 1.82) is 0 Å². The highest BCUT2D eigenvalue weighted by Crippen LogP contribution is 2.29.